The number of anilines is 2. The number of unbranched alkanes of at least 4 members (excludes halogenated alkanes) is 2. The van der Waals surface area contributed by atoms with Gasteiger partial charge in [-0.05, 0) is 30.9 Å². The van der Waals surface area contributed by atoms with Gasteiger partial charge in [-0.25, -0.2) is 4.98 Å². The summed E-state index contributed by atoms with van der Waals surface area (Å²) in [6.07, 6.45) is 1.72. The summed E-state index contributed by atoms with van der Waals surface area (Å²) < 4.78 is 37.5. The lowest BCUT2D eigenvalue weighted by atomic mass is 10.2. The molecule has 3 N–H and O–H groups in total. The van der Waals surface area contributed by atoms with Crippen LogP contribution in [-0.2, 0) is 6.18 Å². The molecule has 0 saturated carbocycles. The lowest BCUT2D eigenvalue weighted by Gasteiger charge is -2.12. The summed E-state index contributed by atoms with van der Waals surface area (Å²) in [5.41, 5.74) is 5.21. The van der Waals surface area contributed by atoms with Crippen LogP contribution in [0, 0.1) is 0 Å². The van der Waals surface area contributed by atoms with Crippen LogP contribution in [0.5, 0.6) is 0 Å². The van der Waals surface area contributed by atoms with Gasteiger partial charge < -0.3 is 11.1 Å². The second-order valence-electron chi connectivity index (χ2n) is 4.13. The zero-order valence-electron chi connectivity index (χ0n) is 10.8. The Balaban J connectivity index is 2.49. The Kier molecular flexibility index (Phi) is 6.27. The predicted molar refractivity (Wildman–Crippen MR) is 74.4 cm³/mol. The summed E-state index contributed by atoms with van der Waals surface area (Å²) >= 11 is 1.79. The van der Waals surface area contributed by atoms with Crippen molar-refractivity contribution in [2.75, 3.05) is 29.6 Å². The van der Waals surface area contributed by atoms with E-state index in [0.29, 0.717) is 12.2 Å². The average Bonchev–Trinajstić information content (AvgIpc) is 2.34. The molecule has 0 aliphatic carbocycles. The molecule has 0 amide bonds. The SMILES string of the molecule is CSCCCCCNc1cc(C(F)(F)F)ncc1N. The van der Waals surface area contributed by atoms with E-state index in [1.807, 2.05) is 0 Å². The molecule has 0 spiro atoms. The van der Waals surface area contributed by atoms with Crippen molar-refractivity contribution in [2.45, 2.75) is 25.4 Å². The van der Waals surface area contributed by atoms with E-state index < -0.39 is 11.9 Å². The smallest absolute Gasteiger partial charge is 0.396 e. The first-order chi connectivity index (χ1) is 8.95. The van der Waals surface area contributed by atoms with Gasteiger partial charge in [0.05, 0.1) is 17.6 Å². The molecular formula is C12H18F3N3S. The lowest BCUT2D eigenvalue weighted by Crippen LogP contribution is -2.11. The molecule has 0 saturated heterocycles. The van der Waals surface area contributed by atoms with Crippen molar-refractivity contribution in [3.8, 4) is 0 Å². The highest BCUT2D eigenvalue weighted by molar-refractivity contribution is 7.98. The largest absolute Gasteiger partial charge is 0.433 e. The quantitative estimate of drug-likeness (QED) is 0.754. The number of hydrogen-bond donors (Lipinski definition) is 2. The van der Waals surface area contributed by atoms with Gasteiger partial charge in [0.2, 0.25) is 0 Å². The Morgan fingerprint density at radius 2 is 2.05 bits per heavy atom. The summed E-state index contributed by atoms with van der Waals surface area (Å²) in [7, 11) is 0. The van der Waals surface area contributed by atoms with Gasteiger partial charge in [0.15, 0.2) is 0 Å². The Morgan fingerprint density at radius 3 is 2.68 bits per heavy atom. The van der Waals surface area contributed by atoms with Gasteiger partial charge >= 0.3 is 6.18 Å². The number of rotatable bonds is 7. The molecule has 108 valence electrons. The molecule has 0 fully saturated rings. The number of hydrogen-bond acceptors (Lipinski definition) is 4. The third-order valence-corrected chi connectivity index (χ3v) is 3.26. The number of pyridine rings is 1. The molecule has 0 aliphatic rings. The first-order valence-electron chi connectivity index (χ1n) is 6.00. The highest BCUT2D eigenvalue weighted by atomic mass is 32.2. The normalized spacial score (nSPS) is 11.6. The van der Waals surface area contributed by atoms with E-state index in [1.165, 1.54) is 0 Å². The highest BCUT2D eigenvalue weighted by Crippen LogP contribution is 2.30. The van der Waals surface area contributed by atoms with Gasteiger partial charge in [-0.2, -0.15) is 24.9 Å². The first kappa shape index (κ1) is 15.9. The van der Waals surface area contributed by atoms with Gasteiger partial charge in [0.1, 0.15) is 5.69 Å². The molecule has 0 aliphatic heterocycles. The highest BCUT2D eigenvalue weighted by Gasteiger charge is 2.32. The predicted octanol–water partition coefficient (Wildman–Crippen LogP) is 3.63. The van der Waals surface area contributed by atoms with Crippen molar-refractivity contribution >= 4 is 23.1 Å². The van der Waals surface area contributed by atoms with Crippen molar-refractivity contribution in [1.82, 2.24) is 4.98 Å². The number of nitrogens with zero attached hydrogens (tertiary/aromatic N) is 1. The average molecular weight is 293 g/mol. The maximum atomic E-state index is 12.5. The Labute approximate surface area is 115 Å². The van der Waals surface area contributed by atoms with E-state index in [4.69, 9.17) is 5.73 Å². The second kappa shape index (κ2) is 7.47. The summed E-state index contributed by atoms with van der Waals surface area (Å²) in [5.74, 6) is 1.11. The molecule has 0 bridgehead atoms. The Bertz CT molecular complexity index is 396. The van der Waals surface area contributed by atoms with Crippen molar-refractivity contribution < 1.29 is 13.2 Å². The molecule has 1 rings (SSSR count). The van der Waals surface area contributed by atoms with Crippen LogP contribution in [0.1, 0.15) is 25.0 Å². The van der Waals surface area contributed by atoms with Gasteiger partial charge in [-0.1, -0.05) is 6.42 Å². The molecule has 1 heterocycles. The van der Waals surface area contributed by atoms with E-state index in [2.05, 4.69) is 16.6 Å². The van der Waals surface area contributed by atoms with Crippen LogP contribution in [0.3, 0.4) is 0 Å². The maximum absolute atomic E-state index is 12.5. The fourth-order valence-corrected chi connectivity index (χ4v) is 2.04. The van der Waals surface area contributed by atoms with Crippen LogP contribution in [-0.4, -0.2) is 23.5 Å². The van der Waals surface area contributed by atoms with Gasteiger partial charge in [0, 0.05) is 6.54 Å². The van der Waals surface area contributed by atoms with Crippen LogP contribution in [0.2, 0.25) is 0 Å². The molecule has 7 heteroatoms. The minimum Gasteiger partial charge on any atom is -0.396 e. The number of aromatic nitrogens is 1. The van der Waals surface area contributed by atoms with E-state index in [1.54, 1.807) is 11.8 Å². The Morgan fingerprint density at radius 1 is 1.32 bits per heavy atom. The monoisotopic (exact) mass is 293 g/mol. The third-order valence-electron chi connectivity index (χ3n) is 2.57. The summed E-state index contributed by atoms with van der Waals surface area (Å²) in [6.45, 7) is 0.611. The van der Waals surface area contributed by atoms with E-state index in [9.17, 15) is 13.2 Å². The number of nitrogens with one attached hydrogen (secondary N) is 1. The Hall–Kier alpha value is -1.11. The van der Waals surface area contributed by atoms with Crippen molar-refractivity contribution in [3.63, 3.8) is 0 Å². The molecular weight excluding hydrogens is 275 g/mol. The minimum absolute atomic E-state index is 0.233. The van der Waals surface area contributed by atoms with E-state index in [0.717, 1.165) is 37.3 Å². The van der Waals surface area contributed by atoms with Crippen LogP contribution in [0.15, 0.2) is 12.3 Å². The van der Waals surface area contributed by atoms with E-state index >= 15 is 0 Å². The summed E-state index contributed by atoms with van der Waals surface area (Å²) in [6, 6.07) is 0.956. The number of nitrogen functional groups attached to an aromatic ring is 1. The topological polar surface area (TPSA) is 50.9 Å². The van der Waals surface area contributed by atoms with Crippen LogP contribution >= 0.6 is 11.8 Å². The van der Waals surface area contributed by atoms with Crippen LogP contribution in [0.25, 0.3) is 0 Å². The van der Waals surface area contributed by atoms with Crippen molar-refractivity contribution in [1.29, 1.82) is 0 Å². The zero-order valence-corrected chi connectivity index (χ0v) is 11.6. The summed E-state index contributed by atoms with van der Waals surface area (Å²) in [5, 5.41) is 2.93. The molecule has 1 aromatic heterocycles. The lowest BCUT2D eigenvalue weighted by molar-refractivity contribution is -0.141. The van der Waals surface area contributed by atoms with Crippen LogP contribution < -0.4 is 11.1 Å². The number of thioether (sulfide) groups is 1. The van der Waals surface area contributed by atoms with Gasteiger partial charge in [-0.3, -0.25) is 0 Å². The maximum Gasteiger partial charge on any atom is 0.433 e. The molecule has 1 aromatic rings. The molecule has 3 nitrogen and oxygen atoms in total. The van der Waals surface area contributed by atoms with Crippen molar-refractivity contribution in [3.05, 3.63) is 18.0 Å². The number of halogens is 3. The minimum atomic E-state index is -4.44. The number of alkyl halides is 3. The second-order valence-corrected chi connectivity index (χ2v) is 5.12. The molecule has 0 radical (unpaired) electrons. The van der Waals surface area contributed by atoms with Crippen LogP contribution in [0.4, 0.5) is 24.5 Å². The number of nitrogens with two attached hydrogens (primary N) is 1. The first-order valence-corrected chi connectivity index (χ1v) is 7.40. The molecule has 19 heavy (non-hydrogen) atoms. The molecule has 0 atom stereocenters. The standard InChI is InChI=1S/C12H18F3N3S/c1-19-6-4-2-3-5-17-10-7-11(12(13,14)15)18-8-9(10)16/h7-8H,2-6,16H2,1H3,(H,17,18). The third kappa shape index (κ3) is 5.59. The van der Waals surface area contributed by atoms with Crippen molar-refractivity contribution in [2.24, 2.45) is 0 Å². The van der Waals surface area contributed by atoms with E-state index in [-0.39, 0.29) is 5.69 Å². The van der Waals surface area contributed by atoms with Gasteiger partial charge in [0.25, 0.3) is 0 Å². The fraction of sp³-hybridized carbons (Fsp3) is 0.583. The fourth-order valence-electron chi connectivity index (χ4n) is 1.55. The zero-order chi connectivity index (χ0) is 14.3. The summed E-state index contributed by atoms with van der Waals surface area (Å²) in [4.78, 5) is 3.29. The molecule has 0 aromatic carbocycles. The molecule has 0 unspecified atom stereocenters. The van der Waals surface area contributed by atoms with Gasteiger partial charge in [-0.15, -0.1) is 0 Å².